The van der Waals surface area contributed by atoms with Gasteiger partial charge in [0.05, 0.1) is 6.04 Å². The summed E-state index contributed by atoms with van der Waals surface area (Å²) >= 11 is 0. The van der Waals surface area contributed by atoms with Gasteiger partial charge in [0, 0.05) is 13.1 Å². The van der Waals surface area contributed by atoms with Gasteiger partial charge in [0.25, 0.3) is 0 Å². The van der Waals surface area contributed by atoms with Crippen molar-refractivity contribution in [3.8, 4) is 0 Å². The molecule has 1 amide bonds. The molecule has 0 aromatic heterocycles. The van der Waals surface area contributed by atoms with Crippen LogP contribution in [0.25, 0.3) is 0 Å². The lowest BCUT2D eigenvalue weighted by molar-refractivity contribution is -0.134. The molecule has 0 saturated carbocycles. The zero-order chi connectivity index (χ0) is 17.7. The van der Waals surface area contributed by atoms with Gasteiger partial charge in [0.15, 0.2) is 0 Å². The average molecular weight is 394 g/mol. The molecule has 2 rings (SSSR count). The van der Waals surface area contributed by atoms with Crippen molar-refractivity contribution < 1.29 is 17.6 Å². The first-order valence-corrected chi connectivity index (χ1v) is 9.53. The molecule has 1 fully saturated rings. The summed E-state index contributed by atoms with van der Waals surface area (Å²) in [6.07, 6.45) is 1.94. The molecular formula is C16H25ClFN3O3S. The number of piperidine rings is 1. The lowest BCUT2D eigenvalue weighted by atomic mass is 9.97. The van der Waals surface area contributed by atoms with Crippen LogP contribution in [-0.4, -0.2) is 51.9 Å². The van der Waals surface area contributed by atoms with Crippen LogP contribution in [0.5, 0.6) is 0 Å². The third-order valence-electron chi connectivity index (χ3n) is 4.15. The van der Waals surface area contributed by atoms with Crippen LogP contribution in [0.15, 0.2) is 29.2 Å². The highest BCUT2D eigenvalue weighted by atomic mass is 35.5. The quantitative estimate of drug-likeness (QED) is 0.765. The number of likely N-dealkylation sites (tertiary alicyclic amines) is 1. The van der Waals surface area contributed by atoms with Crippen molar-refractivity contribution in [2.24, 2.45) is 5.92 Å². The SMILES string of the molecule is CNCC1CCCN(C(=O)C(C)NS(=O)(=O)c2ccccc2F)C1.Cl. The van der Waals surface area contributed by atoms with Gasteiger partial charge in [-0.2, -0.15) is 4.72 Å². The summed E-state index contributed by atoms with van der Waals surface area (Å²) in [6.45, 7) is 3.53. The zero-order valence-electron chi connectivity index (χ0n) is 14.4. The lowest BCUT2D eigenvalue weighted by Crippen LogP contribution is -2.50. The largest absolute Gasteiger partial charge is 0.341 e. The van der Waals surface area contributed by atoms with Crippen LogP contribution in [0, 0.1) is 11.7 Å². The van der Waals surface area contributed by atoms with E-state index in [4.69, 9.17) is 0 Å². The Kier molecular flexibility index (Phi) is 8.27. The van der Waals surface area contributed by atoms with Crippen molar-refractivity contribution in [3.63, 3.8) is 0 Å². The third kappa shape index (κ3) is 5.64. The fourth-order valence-electron chi connectivity index (χ4n) is 3.00. The van der Waals surface area contributed by atoms with Crippen LogP contribution in [-0.2, 0) is 14.8 Å². The Hall–Kier alpha value is -1.22. The number of rotatable bonds is 6. The summed E-state index contributed by atoms with van der Waals surface area (Å²) in [7, 11) is -2.22. The molecule has 2 atom stereocenters. The Labute approximate surface area is 154 Å². The number of carbonyl (C=O) groups excluding carboxylic acids is 1. The van der Waals surface area contributed by atoms with Crippen molar-refractivity contribution in [1.82, 2.24) is 14.9 Å². The van der Waals surface area contributed by atoms with Gasteiger partial charge < -0.3 is 10.2 Å². The van der Waals surface area contributed by atoms with E-state index in [-0.39, 0.29) is 18.3 Å². The summed E-state index contributed by atoms with van der Waals surface area (Å²) in [5, 5.41) is 3.10. The normalized spacial score (nSPS) is 19.2. The maximum Gasteiger partial charge on any atom is 0.244 e. The number of nitrogens with one attached hydrogen (secondary N) is 2. The highest BCUT2D eigenvalue weighted by molar-refractivity contribution is 7.89. The molecule has 1 aliphatic rings. The molecule has 9 heteroatoms. The molecule has 6 nitrogen and oxygen atoms in total. The van der Waals surface area contributed by atoms with E-state index in [1.165, 1.54) is 25.1 Å². The van der Waals surface area contributed by atoms with Gasteiger partial charge in [0.1, 0.15) is 10.7 Å². The van der Waals surface area contributed by atoms with Gasteiger partial charge in [-0.3, -0.25) is 4.79 Å². The van der Waals surface area contributed by atoms with Gasteiger partial charge in [-0.05, 0) is 51.4 Å². The summed E-state index contributed by atoms with van der Waals surface area (Å²) in [5.41, 5.74) is 0. The molecule has 142 valence electrons. The first-order chi connectivity index (χ1) is 11.3. The van der Waals surface area contributed by atoms with E-state index in [2.05, 4.69) is 10.0 Å². The van der Waals surface area contributed by atoms with Crippen molar-refractivity contribution in [3.05, 3.63) is 30.1 Å². The van der Waals surface area contributed by atoms with Crippen molar-refractivity contribution in [2.45, 2.75) is 30.7 Å². The molecule has 1 aromatic carbocycles. The van der Waals surface area contributed by atoms with Crippen LogP contribution in [0.2, 0.25) is 0 Å². The van der Waals surface area contributed by atoms with Gasteiger partial charge in [-0.1, -0.05) is 12.1 Å². The summed E-state index contributed by atoms with van der Waals surface area (Å²) in [4.78, 5) is 13.8. The first-order valence-electron chi connectivity index (χ1n) is 8.05. The molecule has 0 radical (unpaired) electrons. The Bertz CT molecular complexity index is 685. The minimum absolute atomic E-state index is 0. The number of hydrogen-bond donors (Lipinski definition) is 2. The number of halogens is 2. The Morgan fingerprint density at radius 1 is 1.40 bits per heavy atom. The third-order valence-corrected chi connectivity index (χ3v) is 5.73. The molecule has 2 N–H and O–H groups in total. The Morgan fingerprint density at radius 3 is 2.72 bits per heavy atom. The smallest absolute Gasteiger partial charge is 0.244 e. The van der Waals surface area contributed by atoms with Crippen molar-refractivity contribution in [1.29, 1.82) is 0 Å². The first kappa shape index (κ1) is 21.8. The van der Waals surface area contributed by atoms with Crippen molar-refractivity contribution in [2.75, 3.05) is 26.7 Å². The predicted octanol–water partition coefficient (Wildman–Crippen LogP) is 1.37. The molecule has 25 heavy (non-hydrogen) atoms. The van der Waals surface area contributed by atoms with E-state index in [1.54, 1.807) is 4.90 Å². The molecule has 1 aliphatic heterocycles. The number of amides is 1. The molecular weight excluding hydrogens is 369 g/mol. The van der Waals surface area contributed by atoms with Gasteiger partial charge >= 0.3 is 0 Å². The standard InChI is InChI=1S/C16H24FN3O3S.ClH/c1-12(16(21)20-9-5-6-13(11-20)10-18-2)19-24(22,23)15-8-4-3-7-14(15)17;/h3-4,7-8,12-13,18-19H,5-6,9-11H2,1-2H3;1H. The minimum Gasteiger partial charge on any atom is -0.341 e. The van der Waals surface area contributed by atoms with Crippen LogP contribution in [0.1, 0.15) is 19.8 Å². The Balaban J connectivity index is 0.00000312. The lowest BCUT2D eigenvalue weighted by Gasteiger charge is -2.34. The number of carbonyl (C=O) groups is 1. The topological polar surface area (TPSA) is 78.5 Å². The number of benzene rings is 1. The number of nitrogens with zero attached hydrogens (tertiary/aromatic N) is 1. The highest BCUT2D eigenvalue weighted by Gasteiger charge is 2.30. The van der Waals surface area contributed by atoms with Gasteiger partial charge in [-0.25, -0.2) is 12.8 Å². The van der Waals surface area contributed by atoms with Crippen LogP contribution >= 0.6 is 12.4 Å². The monoisotopic (exact) mass is 393 g/mol. The van der Waals surface area contributed by atoms with Crippen LogP contribution < -0.4 is 10.0 Å². The molecule has 0 spiro atoms. The fourth-order valence-corrected chi connectivity index (χ4v) is 4.28. The van der Waals surface area contributed by atoms with E-state index < -0.39 is 26.8 Å². The van der Waals surface area contributed by atoms with E-state index in [1.807, 2.05) is 7.05 Å². The van der Waals surface area contributed by atoms with Crippen LogP contribution in [0.3, 0.4) is 0 Å². The summed E-state index contributed by atoms with van der Waals surface area (Å²) in [5.74, 6) is -0.754. The zero-order valence-corrected chi connectivity index (χ0v) is 16.0. The summed E-state index contributed by atoms with van der Waals surface area (Å²) < 4.78 is 40.6. The molecule has 0 bridgehead atoms. The number of hydrogen-bond acceptors (Lipinski definition) is 4. The predicted molar refractivity (Wildman–Crippen MR) is 96.7 cm³/mol. The molecule has 2 unspecified atom stereocenters. The van der Waals surface area contributed by atoms with Crippen molar-refractivity contribution >= 4 is 28.3 Å². The van der Waals surface area contributed by atoms with E-state index in [0.29, 0.717) is 19.0 Å². The maximum absolute atomic E-state index is 13.7. The van der Waals surface area contributed by atoms with E-state index in [9.17, 15) is 17.6 Å². The minimum atomic E-state index is -4.08. The maximum atomic E-state index is 13.7. The summed E-state index contributed by atoms with van der Waals surface area (Å²) in [6, 6.07) is 4.17. The highest BCUT2D eigenvalue weighted by Crippen LogP contribution is 2.18. The van der Waals surface area contributed by atoms with E-state index in [0.717, 1.165) is 25.5 Å². The Morgan fingerprint density at radius 2 is 2.08 bits per heavy atom. The van der Waals surface area contributed by atoms with E-state index >= 15 is 0 Å². The average Bonchev–Trinajstić information content (AvgIpc) is 2.54. The van der Waals surface area contributed by atoms with Gasteiger partial charge in [-0.15, -0.1) is 12.4 Å². The second kappa shape index (κ2) is 9.47. The fraction of sp³-hybridized carbons (Fsp3) is 0.562. The second-order valence-corrected chi connectivity index (χ2v) is 7.81. The van der Waals surface area contributed by atoms with Gasteiger partial charge in [0.2, 0.25) is 15.9 Å². The molecule has 1 saturated heterocycles. The number of sulfonamides is 1. The molecule has 1 heterocycles. The van der Waals surface area contributed by atoms with Crippen LogP contribution in [0.4, 0.5) is 4.39 Å². The molecule has 1 aromatic rings. The molecule has 0 aliphatic carbocycles. The second-order valence-electron chi connectivity index (χ2n) is 6.12.